The molecule has 0 spiro atoms. The van der Waals surface area contributed by atoms with E-state index >= 15 is 0 Å². The molecule has 16 heavy (non-hydrogen) atoms. The van der Waals surface area contributed by atoms with Gasteiger partial charge in [-0.2, -0.15) is 0 Å². The highest BCUT2D eigenvalue weighted by Crippen LogP contribution is 2.15. The fourth-order valence-electron chi connectivity index (χ4n) is 1.73. The summed E-state index contributed by atoms with van der Waals surface area (Å²) in [6.45, 7) is 5.33. The van der Waals surface area contributed by atoms with Crippen LogP contribution in [0.3, 0.4) is 0 Å². The Labute approximate surface area is 98.5 Å². The van der Waals surface area contributed by atoms with Gasteiger partial charge in [-0.05, 0) is 6.42 Å². The smallest absolute Gasteiger partial charge is 0.309 e. The van der Waals surface area contributed by atoms with E-state index in [-0.39, 0.29) is 18.0 Å². The molecule has 3 heteroatoms. The van der Waals surface area contributed by atoms with E-state index in [0.717, 1.165) is 12.8 Å². The molecule has 0 aromatic heterocycles. The third-order valence-electron chi connectivity index (χ3n) is 3.03. The highest BCUT2D eigenvalue weighted by atomic mass is 16.6. The molecule has 1 aliphatic rings. The van der Waals surface area contributed by atoms with Crippen LogP contribution in [0, 0.1) is 5.92 Å². The van der Waals surface area contributed by atoms with Gasteiger partial charge in [-0.1, -0.05) is 46.0 Å². The minimum absolute atomic E-state index is 0.0232. The van der Waals surface area contributed by atoms with Crippen LogP contribution in [0.25, 0.3) is 0 Å². The van der Waals surface area contributed by atoms with Crippen LogP contribution < -0.4 is 0 Å². The third-order valence-corrected chi connectivity index (χ3v) is 3.03. The van der Waals surface area contributed by atoms with E-state index in [1.807, 2.05) is 6.92 Å². The molecule has 0 N–H and O–H groups in total. The molecule has 0 radical (unpaired) electrons. The molecular weight excluding hydrogens is 204 g/mol. The summed E-state index contributed by atoms with van der Waals surface area (Å²) < 4.78 is 10.2. The van der Waals surface area contributed by atoms with Crippen molar-refractivity contribution in [3.63, 3.8) is 0 Å². The number of rotatable bonds is 8. The van der Waals surface area contributed by atoms with Gasteiger partial charge >= 0.3 is 5.97 Å². The number of hydrogen-bond acceptors (Lipinski definition) is 3. The molecular formula is C13H24O3. The maximum absolute atomic E-state index is 11.6. The molecule has 1 aliphatic heterocycles. The first-order chi connectivity index (χ1) is 7.74. The average Bonchev–Trinajstić information content (AvgIpc) is 2.22. The van der Waals surface area contributed by atoms with Crippen molar-refractivity contribution in [1.29, 1.82) is 0 Å². The van der Waals surface area contributed by atoms with Crippen molar-refractivity contribution in [3.05, 3.63) is 0 Å². The molecule has 0 aromatic carbocycles. The Balaban J connectivity index is 1.99. The lowest BCUT2D eigenvalue weighted by Gasteiger charge is -2.26. The monoisotopic (exact) mass is 228 g/mol. The molecule has 1 rings (SSSR count). The van der Waals surface area contributed by atoms with Crippen LogP contribution in [0.2, 0.25) is 0 Å². The summed E-state index contributed by atoms with van der Waals surface area (Å²) in [7, 11) is 0. The summed E-state index contributed by atoms with van der Waals surface area (Å²) in [6, 6.07) is 0. The van der Waals surface area contributed by atoms with Crippen molar-refractivity contribution in [2.75, 3.05) is 13.2 Å². The van der Waals surface area contributed by atoms with Crippen molar-refractivity contribution in [2.45, 2.75) is 58.5 Å². The van der Waals surface area contributed by atoms with E-state index in [0.29, 0.717) is 13.2 Å². The largest absolute Gasteiger partial charge is 0.457 e. The number of ether oxygens (including phenoxy) is 2. The quantitative estimate of drug-likeness (QED) is 0.473. The number of hydrogen-bond donors (Lipinski definition) is 0. The van der Waals surface area contributed by atoms with Gasteiger partial charge in [0.1, 0.15) is 6.10 Å². The second kappa shape index (κ2) is 7.66. The van der Waals surface area contributed by atoms with E-state index in [1.54, 1.807) is 0 Å². The van der Waals surface area contributed by atoms with E-state index in [2.05, 4.69) is 6.92 Å². The summed E-state index contributed by atoms with van der Waals surface area (Å²) in [6.07, 6.45) is 7.20. The first-order valence-corrected chi connectivity index (χ1v) is 6.52. The normalized spacial score (nSPS) is 17.9. The molecule has 0 bridgehead atoms. The molecule has 1 saturated heterocycles. The molecule has 94 valence electrons. The van der Waals surface area contributed by atoms with Gasteiger partial charge in [0.05, 0.1) is 19.1 Å². The lowest BCUT2D eigenvalue weighted by Crippen LogP contribution is -2.39. The van der Waals surface area contributed by atoms with Crippen LogP contribution in [0.1, 0.15) is 52.4 Å². The van der Waals surface area contributed by atoms with E-state index in [1.165, 1.54) is 25.7 Å². The topological polar surface area (TPSA) is 35.5 Å². The van der Waals surface area contributed by atoms with Gasteiger partial charge in [-0.25, -0.2) is 0 Å². The predicted molar refractivity (Wildman–Crippen MR) is 63.2 cm³/mol. The Morgan fingerprint density at radius 1 is 1.31 bits per heavy atom. The van der Waals surface area contributed by atoms with Crippen LogP contribution in [0.5, 0.6) is 0 Å². The van der Waals surface area contributed by atoms with Gasteiger partial charge in [0.2, 0.25) is 0 Å². The van der Waals surface area contributed by atoms with Crippen molar-refractivity contribution in [3.8, 4) is 0 Å². The standard InChI is InChI=1S/C13H24O3/c1-3-4-5-6-7-8-11(2)13(14)16-12-9-15-10-12/h11-12H,3-10H2,1-2H3. The average molecular weight is 228 g/mol. The number of carbonyl (C=O) groups is 1. The van der Waals surface area contributed by atoms with E-state index in [4.69, 9.17) is 9.47 Å². The SMILES string of the molecule is CCCCCCCC(C)C(=O)OC1COC1. The Hall–Kier alpha value is -0.570. The molecule has 3 nitrogen and oxygen atoms in total. The lowest BCUT2D eigenvalue weighted by atomic mass is 10.0. The second-order valence-corrected chi connectivity index (χ2v) is 4.70. The van der Waals surface area contributed by atoms with Crippen molar-refractivity contribution in [1.82, 2.24) is 0 Å². The summed E-state index contributed by atoms with van der Waals surface area (Å²) in [4.78, 5) is 11.6. The number of unbranched alkanes of at least 4 members (excludes halogenated alkanes) is 4. The molecule has 1 heterocycles. The Kier molecular flexibility index (Phi) is 6.46. The first-order valence-electron chi connectivity index (χ1n) is 6.52. The van der Waals surface area contributed by atoms with E-state index in [9.17, 15) is 4.79 Å². The molecule has 1 atom stereocenters. The summed E-state index contributed by atoms with van der Waals surface area (Å²) in [5.74, 6) is -0.00832. The molecule has 0 saturated carbocycles. The van der Waals surface area contributed by atoms with Crippen LogP contribution in [0.4, 0.5) is 0 Å². The van der Waals surface area contributed by atoms with Gasteiger partial charge in [0.15, 0.2) is 0 Å². The Bertz CT molecular complexity index is 199. The highest BCUT2D eigenvalue weighted by Gasteiger charge is 2.25. The predicted octanol–water partition coefficient (Wildman–Crippen LogP) is 2.93. The van der Waals surface area contributed by atoms with Crippen LogP contribution in [-0.4, -0.2) is 25.3 Å². The van der Waals surface area contributed by atoms with Gasteiger partial charge in [-0.3, -0.25) is 4.79 Å². The molecule has 0 aliphatic carbocycles. The summed E-state index contributed by atoms with van der Waals surface area (Å²) in [5.41, 5.74) is 0. The third kappa shape index (κ3) is 4.97. The zero-order valence-corrected chi connectivity index (χ0v) is 10.5. The van der Waals surface area contributed by atoms with Crippen LogP contribution in [-0.2, 0) is 14.3 Å². The summed E-state index contributed by atoms with van der Waals surface area (Å²) in [5, 5.41) is 0. The Morgan fingerprint density at radius 2 is 2.00 bits per heavy atom. The molecule has 0 amide bonds. The number of carbonyl (C=O) groups excluding carboxylic acids is 1. The van der Waals surface area contributed by atoms with Crippen molar-refractivity contribution < 1.29 is 14.3 Å². The number of esters is 1. The molecule has 1 unspecified atom stereocenters. The molecule has 0 aromatic rings. The van der Waals surface area contributed by atoms with Crippen molar-refractivity contribution >= 4 is 5.97 Å². The second-order valence-electron chi connectivity index (χ2n) is 4.70. The molecule has 1 fully saturated rings. The summed E-state index contributed by atoms with van der Waals surface area (Å²) >= 11 is 0. The lowest BCUT2D eigenvalue weighted by molar-refractivity contribution is -0.176. The minimum atomic E-state index is -0.0520. The zero-order valence-electron chi connectivity index (χ0n) is 10.5. The first kappa shape index (κ1) is 13.5. The maximum Gasteiger partial charge on any atom is 0.309 e. The maximum atomic E-state index is 11.6. The van der Waals surface area contributed by atoms with Gasteiger partial charge in [-0.15, -0.1) is 0 Å². The van der Waals surface area contributed by atoms with Crippen LogP contribution in [0.15, 0.2) is 0 Å². The van der Waals surface area contributed by atoms with Gasteiger partial charge < -0.3 is 9.47 Å². The Morgan fingerprint density at radius 3 is 2.56 bits per heavy atom. The van der Waals surface area contributed by atoms with E-state index < -0.39 is 0 Å². The minimum Gasteiger partial charge on any atom is -0.457 e. The fraction of sp³-hybridized carbons (Fsp3) is 0.923. The fourth-order valence-corrected chi connectivity index (χ4v) is 1.73. The highest BCUT2D eigenvalue weighted by molar-refractivity contribution is 5.72. The zero-order chi connectivity index (χ0) is 11.8. The van der Waals surface area contributed by atoms with Crippen molar-refractivity contribution in [2.24, 2.45) is 5.92 Å². The van der Waals surface area contributed by atoms with Gasteiger partial charge in [0.25, 0.3) is 0 Å². The van der Waals surface area contributed by atoms with Gasteiger partial charge in [0, 0.05) is 0 Å². The van der Waals surface area contributed by atoms with Crippen LogP contribution >= 0.6 is 0 Å².